The van der Waals surface area contributed by atoms with Crippen LogP contribution in [0.2, 0.25) is 0 Å². The summed E-state index contributed by atoms with van der Waals surface area (Å²) in [5.41, 5.74) is 0.440. The maximum Gasteiger partial charge on any atom is 0.258 e. The number of rotatable bonds is 5. The molecule has 4 nitrogen and oxygen atoms in total. The molecule has 4 heteroatoms. The minimum atomic E-state index is -0.424. The Hall–Kier alpha value is -1.42. The zero-order chi connectivity index (χ0) is 12.3. The van der Waals surface area contributed by atoms with Crippen LogP contribution in [-0.2, 0) is 15.0 Å². The van der Waals surface area contributed by atoms with E-state index >= 15 is 0 Å². The minimum absolute atomic E-state index is 0.0422. The fraction of sp³-hybridized carbons (Fsp3) is 0.538. The Kier molecular flexibility index (Phi) is 3.43. The van der Waals surface area contributed by atoms with Crippen molar-refractivity contribution in [2.24, 2.45) is 0 Å². The number of hydrogen-bond donors (Lipinski definition) is 0. The Morgan fingerprint density at radius 2 is 2.24 bits per heavy atom. The Labute approximate surface area is 102 Å². The van der Waals surface area contributed by atoms with E-state index in [9.17, 15) is 4.79 Å². The van der Waals surface area contributed by atoms with E-state index in [-0.39, 0.29) is 5.91 Å². The highest BCUT2D eigenvalue weighted by molar-refractivity contribution is 5.90. The predicted molar refractivity (Wildman–Crippen MR) is 64.2 cm³/mol. The van der Waals surface area contributed by atoms with Crippen LogP contribution >= 0.6 is 0 Å². The van der Waals surface area contributed by atoms with Gasteiger partial charge in [0.15, 0.2) is 0 Å². The normalized spacial score (nSPS) is 16.6. The van der Waals surface area contributed by atoms with Crippen LogP contribution < -0.4 is 0 Å². The molecular weight excluding hydrogens is 216 g/mol. The standard InChI is InChI=1S/C13H18N2O2/c1-3-15(17-4-2)12(16)13(8-9-13)11-7-5-6-10-14-11/h5-7,10H,3-4,8-9H2,1-2H3. The van der Waals surface area contributed by atoms with Crippen molar-refractivity contribution >= 4 is 5.91 Å². The second kappa shape index (κ2) is 4.84. The lowest BCUT2D eigenvalue weighted by atomic mass is 10.0. The number of hydrogen-bond acceptors (Lipinski definition) is 3. The molecular formula is C13H18N2O2. The highest BCUT2D eigenvalue weighted by Crippen LogP contribution is 2.48. The van der Waals surface area contributed by atoms with Gasteiger partial charge in [-0.25, -0.2) is 5.06 Å². The second-order valence-corrected chi connectivity index (χ2v) is 4.21. The highest BCUT2D eigenvalue weighted by atomic mass is 16.7. The molecule has 1 aliphatic rings. The molecule has 0 unspecified atom stereocenters. The molecule has 92 valence electrons. The number of amides is 1. The molecule has 1 fully saturated rings. The molecule has 0 N–H and O–H groups in total. The molecule has 1 amide bonds. The first-order chi connectivity index (χ1) is 8.24. The van der Waals surface area contributed by atoms with E-state index in [1.807, 2.05) is 32.0 Å². The Balaban J connectivity index is 2.19. The summed E-state index contributed by atoms with van der Waals surface area (Å²) in [7, 11) is 0. The smallest absolute Gasteiger partial charge is 0.258 e. The number of carbonyl (C=O) groups is 1. The van der Waals surface area contributed by atoms with Gasteiger partial charge in [-0.3, -0.25) is 14.6 Å². The molecule has 1 aromatic rings. The summed E-state index contributed by atoms with van der Waals surface area (Å²) in [6, 6.07) is 5.71. The van der Waals surface area contributed by atoms with Crippen molar-refractivity contribution in [2.45, 2.75) is 32.1 Å². The van der Waals surface area contributed by atoms with Crippen molar-refractivity contribution in [3.8, 4) is 0 Å². The van der Waals surface area contributed by atoms with Gasteiger partial charge in [-0.05, 0) is 38.8 Å². The van der Waals surface area contributed by atoms with Crippen molar-refractivity contribution < 1.29 is 9.63 Å². The van der Waals surface area contributed by atoms with E-state index in [0.29, 0.717) is 13.2 Å². The number of nitrogens with zero attached hydrogens (tertiary/aromatic N) is 2. The molecule has 0 atom stereocenters. The van der Waals surface area contributed by atoms with Crippen molar-refractivity contribution in [3.63, 3.8) is 0 Å². The summed E-state index contributed by atoms with van der Waals surface area (Å²) in [5, 5.41) is 1.46. The lowest BCUT2D eigenvalue weighted by Gasteiger charge is -2.24. The van der Waals surface area contributed by atoms with E-state index in [2.05, 4.69) is 4.98 Å². The third-order valence-corrected chi connectivity index (χ3v) is 3.11. The van der Waals surface area contributed by atoms with Crippen LogP contribution in [0.5, 0.6) is 0 Å². The number of carbonyl (C=O) groups excluding carboxylic acids is 1. The molecule has 0 bridgehead atoms. The van der Waals surface area contributed by atoms with Gasteiger partial charge >= 0.3 is 0 Å². The monoisotopic (exact) mass is 234 g/mol. The molecule has 0 saturated heterocycles. The van der Waals surface area contributed by atoms with Gasteiger partial charge in [-0.15, -0.1) is 0 Å². The molecule has 2 rings (SSSR count). The highest BCUT2D eigenvalue weighted by Gasteiger charge is 2.54. The van der Waals surface area contributed by atoms with Crippen molar-refractivity contribution in [1.82, 2.24) is 10.0 Å². The number of hydroxylamine groups is 2. The summed E-state index contributed by atoms with van der Waals surface area (Å²) < 4.78 is 0. The fourth-order valence-corrected chi connectivity index (χ4v) is 2.04. The number of aromatic nitrogens is 1. The molecule has 0 aliphatic heterocycles. The van der Waals surface area contributed by atoms with Crippen molar-refractivity contribution in [1.29, 1.82) is 0 Å². The molecule has 1 aliphatic carbocycles. The SMILES string of the molecule is CCON(CC)C(=O)C1(c2ccccn2)CC1. The molecule has 17 heavy (non-hydrogen) atoms. The van der Waals surface area contributed by atoms with Crippen molar-refractivity contribution in [2.75, 3.05) is 13.2 Å². The van der Waals surface area contributed by atoms with E-state index in [1.165, 1.54) is 5.06 Å². The Morgan fingerprint density at radius 1 is 1.47 bits per heavy atom. The number of pyridine rings is 1. The maximum absolute atomic E-state index is 12.4. The van der Waals surface area contributed by atoms with E-state index < -0.39 is 5.41 Å². The summed E-state index contributed by atoms with van der Waals surface area (Å²) >= 11 is 0. The first kappa shape index (κ1) is 12.0. The molecule has 0 radical (unpaired) electrons. The van der Waals surface area contributed by atoms with Gasteiger partial charge in [-0.1, -0.05) is 6.07 Å². The molecule has 1 aromatic heterocycles. The Morgan fingerprint density at radius 3 is 2.71 bits per heavy atom. The van der Waals surface area contributed by atoms with Crippen LogP contribution in [0.25, 0.3) is 0 Å². The second-order valence-electron chi connectivity index (χ2n) is 4.21. The lowest BCUT2D eigenvalue weighted by molar-refractivity contribution is -0.186. The van der Waals surface area contributed by atoms with Crippen LogP contribution in [0, 0.1) is 0 Å². The summed E-state index contributed by atoms with van der Waals surface area (Å²) in [6.07, 6.45) is 3.47. The van der Waals surface area contributed by atoms with Crippen LogP contribution in [-0.4, -0.2) is 29.1 Å². The zero-order valence-electron chi connectivity index (χ0n) is 10.3. The van der Waals surface area contributed by atoms with Gasteiger partial charge in [-0.2, -0.15) is 0 Å². The lowest BCUT2D eigenvalue weighted by Crippen LogP contribution is -2.39. The number of likely N-dealkylation sites (N-methyl/N-ethyl adjacent to an activating group) is 1. The minimum Gasteiger partial charge on any atom is -0.271 e. The molecule has 0 aromatic carbocycles. The van der Waals surface area contributed by atoms with Gasteiger partial charge < -0.3 is 0 Å². The zero-order valence-corrected chi connectivity index (χ0v) is 10.3. The average molecular weight is 234 g/mol. The first-order valence-electron chi connectivity index (χ1n) is 6.11. The van der Waals surface area contributed by atoms with E-state index in [0.717, 1.165) is 18.5 Å². The third-order valence-electron chi connectivity index (χ3n) is 3.11. The molecule has 0 spiro atoms. The van der Waals surface area contributed by atoms with Gasteiger partial charge in [0.25, 0.3) is 5.91 Å². The van der Waals surface area contributed by atoms with E-state index in [1.54, 1.807) is 6.20 Å². The fourth-order valence-electron chi connectivity index (χ4n) is 2.04. The summed E-state index contributed by atoms with van der Waals surface area (Å²) in [4.78, 5) is 22.1. The molecule has 1 heterocycles. The quantitative estimate of drug-likeness (QED) is 0.731. The predicted octanol–water partition coefficient (Wildman–Crippen LogP) is 1.91. The molecule has 1 saturated carbocycles. The van der Waals surface area contributed by atoms with E-state index in [4.69, 9.17) is 4.84 Å². The van der Waals surface area contributed by atoms with Gasteiger partial charge in [0.2, 0.25) is 0 Å². The topological polar surface area (TPSA) is 42.4 Å². The third kappa shape index (κ3) is 2.17. The average Bonchev–Trinajstić information content (AvgIpc) is 3.18. The van der Waals surface area contributed by atoms with Gasteiger partial charge in [0, 0.05) is 12.7 Å². The van der Waals surface area contributed by atoms with Crippen LogP contribution in [0.4, 0.5) is 0 Å². The largest absolute Gasteiger partial charge is 0.271 e. The van der Waals surface area contributed by atoms with Crippen molar-refractivity contribution in [3.05, 3.63) is 30.1 Å². The van der Waals surface area contributed by atoms with Crippen LogP contribution in [0.15, 0.2) is 24.4 Å². The summed E-state index contributed by atoms with van der Waals surface area (Å²) in [5.74, 6) is 0.0422. The first-order valence-corrected chi connectivity index (χ1v) is 6.11. The maximum atomic E-state index is 12.4. The summed E-state index contributed by atoms with van der Waals surface area (Å²) in [6.45, 7) is 4.89. The van der Waals surface area contributed by atoms with Gasteiger partial charge in [0.1, 0.15) is 0 Å². The van der Waals surface area contributed by atoms with Crippen LogP contribution in [0.1, 0.15) is 32.4 Å². The van der Waals surface area contributed by atoms with Crippen LogP contribution in [0.3, 0.4) is 0 Å². The Bertz CT molecular complexity index is 388. The van der Waals surface area contributed by atoms with Gasteiger partial charge in [0.05, 0.1) is 17.7 Å².